The van der Waals surface area contributed by atoms with Gasteiger partial charge in [-0.3, -0.25) is 9.59 Å². The van der Waals surface area contributed by atoms with E-state index in [0.717, 1.165) is 11.1 Å². The lowest BCUT2D eigenvalue weighted by molar-refractivity contribution is -0.171. The van der Waals surface area contributed by atoms with Crippen LogP contribution >= 0.6 is 0 Å². The van der Waals surface area contributed by atoms with Crippen LogP contribution in [0.1, 0.15) is 41.6 Å². The first-order valence-corrected chi connectivity index (χ1v) is 7.91. The molecule has 0 radical (unpaired) electrons. The minimum Gasteiger partial charge on any atom is -0.468 e. The molecule has 0 aliphatic heterocycles. The molecule has 6 heteroatoms. The molecule has 0 N–H and O–H groups in total. The van der Waals surface area contributed by atoms with Gasteiger partial charge in [0.15, 0.2) is 5.41 Å². The van der Waals surface area contributed by atoms with Gasteiger partial charge in [0.05, 0.1) is 26.9 Å². The summed E-state index contributed by atoms with van der Waals surface area (Å²) in [7, 11) is 3.83. The maximum atomic E-state index is 12.6. The van der Waals surface area contributed by atoms with E-state index in [4.69, 9.17) is 14.2 Å². The first-order chi connectivity index (χ1) is 11.9. The molecule has 1 aromatic carbocycles. The van der Waals surface area contributed by atoms with Gasteiger partial charge in [-0.25, -0.2) is 4.79 Å². The van der Waals surface area contributed by atoms with Crippen molar-refractivity contribution in [2.75, 3.05) is 21.3 Å². The van der Waals surface area contributed by atoms with Crippen molar-refractivity contribution in [1.82, 2.24) is 0 Å². The van der Waals surface area contributed by atoms with E-state index in [9.17, 15) is 14.4 Å². The van der Waals surface area contributed by atoms with E-state index in [1.165, 1.54) is 21.3 Å². The lowest BCUT2D eigenvalue weighted by atomic mass is 9.64. The van der Waals surface area contributed by atoms with Gasteiger partial charge in [-0.1, -0.05) is 23.8 Å². The maximum Gasteiger partial charge on any atom is 0.337 e. The summed E-state index contributed by atoms with van der Waals surface area (Å²) in [5, 5.41) is 0. The van der Waals surface area contributed by atoms with Gasteiger partial charge in [-0.2, -0.15) is 0 Å². The SMILES string of the molecule is COC(=O)c1ccc(C2CC(C)=CCC2(C(=O)OC)C(=O)OC)cc1. The molecule has 1 atom stereocenters. The van der Waals surface area contributed by atoms with Crippen molar-refractivity contribution in [1.29, 1.82) is 0 Å². The summed E-state index contributed by atoms with van der Waals surface area (Å²) in [6.07, 6.45) is 2.59. The standard InChI is InChI=1S/C19H22O6/c1-12-9-10-19(17(21)24-3,18(22)25-4)15(11-12)13-5-7-14(8-6-13)16(20)23-2/h5-9,15H,10-11H2,1-4H3. The number of carbonyl (C=O) groups excluding carboxylic acids is 3. The molecule has 0 heterocycles. The molecule has 134 valence electrons. The number of hydrogen-bond acceptors (Lipinski definition) is 6. The zero-order valence-electron chi connectivity index (χ0n) is 14.8. The number of benzene rings is 1. The van der Waals surface area contributed by atoms with Crippen molar-refractivity contribution in [3.63, 3.8) is 0 Å². The van der Waals surface area contributed by atoms with E-state index in [-0.39, 0.29) is 6.42 Å². The molecule has 0 aromatic heterocycles. The van der Waals surface area contributed by atoms with Crippen molar-refractivity contribution < 1.29 is 28.6 Å². The number of hydrogen-bond donors (Lipinski definition) is 0. The van der Waals surface area contributed by atoms with Crippen LogP contribution in [0.25, 0.3) is 0 Å². The number of ether oxygens (including phenoxy) is 3. The molecule has 1 unspecified atom stereocenters. The minimum atomic E-state index is -1.43. The van der Waals surface area contributed by atoms with Gasteiger partial charge in [0, 0.05) is 5.92 Å². The molecular formula is C19H22O6. The fraction of sp³-hybridized carbons (Fsp3) is 0.421. The summed E-state index contributed by atoms with van der Waals surface area (Å²) < 4.78 is 14.6. The number of esters is 3. The molecule has 0 spiro atoms. The summed E-state index contributed by atoms with van der Waals surface area (Å²) >= 11 is 0. The highest BCUT2D eigenvalue weighted by Gasteiger charge is 2.55. The number of carbonyl (C=O) groups is 3. The molecule has 0 bridgehead atoms. The van der Waals surface area contributed by atoms with Crippen LogP contribution in [0.3, 0.4) is 0 Å². The third kappa shape index (κ3) is 3.29. The highest BCUT2D eigenvalue weighted by molar-refractivity contribution is 6.01. The summed E-state index contributed by atoms with van der Waals surface area (Å²) in [5.41, 5.74) is 0.799. The van der Waals surface area contributed by atoms with Crippen LogP contribution in [0.2, 0.25) is 0 Å². The highest BCUT2D eigenvalue weighted by Crippen LogP contribution is 2.48. The van der Waals surface area contributed by atoms with E-state index in [0.29, 0.717) is 12.0 Å². The Kier molecular flexibility index (Phi) is 5.62. The summed E-state index contributed by atoms with van der Waals surface area (Å²) in [6.45, 7) is 1.95. The van der Waals surface area contributed by atoms with Crippen LogP contribution in [0.15, 0.2) is 35.9 Å². The zero-order valence-corrected chi connectivity index (χ0v) is 14.8. The smallest absolute Gasteiger partial charge is 0.337 e. The molecule has 2 rings (SSSR count). The van der Waals surface area contributed by atoms with Gasteiger partial charge in [0.2, 0.25) is 0 Å². The second-order valence-corrected chi connectivity index (χ2v) is 6.08. The minimum absolute atomic E-state index is 0.210. The van der Waals surface area contributed by atoms with Crippen LogP contribution in [0.4, 0.5) is 0 Å². The summed E-state index contributed by atoms with van der Waals surface area (Å²) in [4.78, 5) is 36.8. The number of allylic oxidation sites excluding steroid dienone is 2. The van der Waals surface area contributed by atoms with E-state index in [1.54, 1.807) is 24.3 Å². The Bertz CT molecular complexity index is 685. The number of rotatable bonds is 4. The predicted octanol–water partition coefficient (Wildman–Crippen LogP) is 2.63. The Morgan fingerprint density at radius 1 is 0.960 bits per heavy atom. The van der Waals surface area contributed by atoms with Crippen molar-refractivity contribution >= 4 is 17.9 Å². The normalized spacial score (nSPS) is 18.7. The highest BCUT2D eigenvalue weighted by atomic mass is 16.5. The van der Waals surface area contributed by atoms with Gasteiger partial charge in [-0.05, 0) is 37.5 Å². The fourth-order valence-corrected chi connectivity index (χ4v) is 3.33. The summed E-state index contributed by atoms with van der Waals surface area (Å²) in [6, 6.07) is 6.70. The van der Waals surface area contributed by atoms with Crippen LogP contribution in [0, 0.1) is 5.41 Å². The second kappa shape index (κ2) is 7.51. The molecule has 1 aromatic rings. The molecule has 0 saturated heterocycles. The Morgan fingerprint density at radius 2 is 1.52 bits per heavy atom. The molecular weight excluding hydrogens is 324 g/mol. The molecule has 25 heavy (non-hydrogen) atoms. The quantitative estimate of drug-likeness (QED) is 0.361. The van der Waals surface area contributed by atoms with Crippen LogP contribution in [-0.4, -0.2) is 39.2 Å². The molecule has 1 aliphatic carbocycles. The largest absolute Gasteiger partial charge is 0.468 e. The van der Waals surface area contributed by atoms with Gasteiger partial charge in [0.1, 0.15) is 0 Å². The fourth-order valence-electron chi connectivity index (χ4n) is 3.33. The van der Waals surface area contributed by atoms with Gasteiger partial charge in [-0.15, -0.1) is 0 Å². The Hall–Kier alpha value is -2.63. The second-order valence-electron chi connectivity index (χ2n) is 6.08. The third-order valence-electron chi connectivity index (χ3n) is 4.73. The maximum absolute atomic E-state index is 12.6. The first kappa shape index (κ1) is 18.7. The average Bonchev–Trinajstić information content (AvgIpc) is 2.66. The van der Waals surface area contributed by atoms with Gasteiger partial charge < -0.3 is 14.2 Å². The van der Waals surface area contributed by atoms with Crippen molar-refractivity contribution in [3.05, 3.63) is 47.0 Å². The van der Waals surface area contributed by atoms with Gasteiger partial charge >= 0.3 is 17.9 Å². The number of methoxy groups -OCH3 is 3. The van der Waals surface area contributed by atoms with E-state index < -0.39 is 29.2 Å². The Morgan fingerprint density at radius 3 is 2.00 bits per heavy atom. The van der Waals surface area contributed by atoms with E-state index in [1.807, 2.05) is 13.0 Å². The lowest BCUT2D eigenvalue weighted by Crippen LogP contribution is -2.47. The Balaban J connectivity index is 2.53. The Labute approximate surface area is 146 Å². The van der Waals surface area contributed by atoms with Crippen LogP contribution in [0.5, 0.6) is 0 Å². The van der Waals surface area contributed by atoms with E-state index >= 15 is 0 Å². The van der Waals surface area contributed by atoms with Crippen molar-refractivity contribution in [3.8, 4) is 0 Å². The first-order valence-electron chi connectivity index (χ1n) is 7.91. The zero-order chi connectivity index (χ0) is 18.6. The van der Waals surface area contributed by atoms with Crippen molar-refractivity contribution in [2.45, 2.75) is 25.7 Å². The van der Waals surface area contributed by atoms with Gasteiger partial charge in [0.25, 0.3) is 0 Å². The monoisotopic (exact) mass is 346 g/mol. The van der Waals surface area contributed by atoms with Crippen LogP contribution < -0.4 is 0 Å². The average molecular weight is 346 g/mol. The predicted molar refractivity (Wildman–Crippen MR) is 90.0 cm³/mol. The third-order valence-corrected chi connectivity index (χ3v) is 4.73. The molecule has 0 fully saturated rings. The molecule has 1 aliphatic rings. The molecule has 0 saturated carbocycles. The van der Waals surface area contributed by atoms with Crippen LogP contribution in [-0.2, 0) is 23.8 Å². The lowest BCUT2D eigenvalue weighted by Gasteiger charge is -2.38. The molecule has 0 amide bonds. The topological polar surface area (TPSA) is 78.9 Å². The van der Waals surface area contributed by atoms with E-state index in [2.05, 4.69) is 0 Å². The summed E-state index contributed by atoms with van der Waals surface area (Å²) in [5.74, 6) is -2.13. The van der Waals surface area contributed by atoms with Crippen molar-refractivity contribution in [2.24, 2.45) is 5.41 Å². The molecule has 6 nitrogen and oxygen atoms in total.